The molecule has 1 N–H and O–H groups in total. The number of hydrogen-bond donors (Lipinski definition) is 1. The van der Waals surface area contributed by atoms with Gasteiger partial charge in [0.2, 0.25) is 11.7 Å². The van der Waals surface area contributed by atoms with E-state index in [0.717, 1.165) is 6.54 Å². The summed E-state index contributed by atoms with van der Waals surface area (Å²) in [6.45, 7) is 3.39. The van der Waals surface area contributed by atoms with Crippen molar-refractivity contribution in [2.45, 2.75) is 19.1 Å². The van der Waals surface area contributed by atoms with Crippen LogP contribution in [0, 0.1) is 0 Å². The molecule has 1 aromatic heterocycles. The van der Waals surface area contributed by atoms with E-state index in [1.807, 2.05) is 6.92 Å². The number of ether oxygens (including phenoxy) is 1. The average Bonchev–Trinajstić information content (AvgIpc) is 2.88. The van der Waals surface area contributed by atoms with Crippen molar-refractivity contribution in [2.24, 2.45) is 0 Å². The fraction of sp³-hybridized carbons (Fsp3) is 0.385. The van der Waals surface area contributed by atoms with Crippen LogP contribution in [0.5, 0.6) is 0 Å². The zero-order valence-corrected chi connectivity index (χ0v) is 13.5. The number of hydrogen-bond acceptors (Lipinski definition) is 5. The summed E-state index contributed by atoms with van der Waals surface area (Å²) in [7, 11) is 0. The maximum Gasteiger partial charge on any atom is 0.246 e. The Morgan fingerprint density at radius 1 is 1.29 bits per heavy atom. The van der Waals surface area contributed by atoms with Crippen LogP contribution < -0.4 is 5.32 Å². The van der Waals surface area contributed by atoms with Crippen LogP contribution in [0.25, 0.3) is 11.4 Å². The van der Waals surface area contributed by atoms with Crippen molar-refractivity contribution in [3.63, 3.8) is 0 Å². The topological polar surface area (TPSA) is 60.2 Å². The summed E-state index contributed by atoms with van der Waals surface area (Å²) < 4.78 is 10.9. The summed E-state index contributed by atoms with van der Waals surface area (Å²) >= 11 is 12.3. The Labute approximate surface area is 138 Å². The highest BCUT2D eigenvalue weighted by molar-refractivity contribution is 6.38. The molecule has 0 bridgehead atoms. The molecule has 21 heavy (non-hydrogen) atoms. The first-order chi connectivity index (χ1) is 9.66. The molecule has 0 saturated carbocycles. The Morgan fingerprint density at radius 2 is 2.00 bits per heavy atom. The maximum absolute atomic E-state index is 6.14. The van der Waals surface area contributed by atoms with E-state index in [9.17, 15) is 0 Å². The number of benzene rings is 1. The summed E-state index contributed by atoms with van der Waals surface area (Å²) in [5.41, 5.74) is 0.579. The molecule has 0 spiro atoms. The van der Waals surface area contributed by atoms with Gasteiger partial charge in [-0.15, -0.1) is 12.4 Å². The molecule has 1 aliphatic rings. The van der Waals surface area contributed by atoms with Crippen molar-refractivity contribution in [3.8, 4) is 11.4 Å². The predicted molar refractivity (Wildman–Crippen MR) is 83.2 cm³/mol. The molecule has 0 unspecified atom stereocenters. The van der Waals surface area contributed by atoms with E-state index in [4.69, 9.17) is 32.5 Å². The largest absolute Gasteiger partial charge is 0.375 e. The molecule has 1 fully saturated rings. The second kappa shape index (κ2) is 6.94. The molecule has 2 aromatic rings. The Balaban J connectivity index is 0.00000161. The summed E-state index contributed by atoms with van der Waals surface area (Å²) in [5, 5.41) is 8.24. The Kier molecular flexibility index (Phi) is 5.46. The molecule has 114 valence electrons. The van der Waals surface area contributed by atoms with E-state index in [2.05, 4.69) is 15.5 Å². The summed E-state index contributed by atoms with van der Waals surface area (Å²) in [5.74, 6) is 0.860. The first-order valence-electron chi connectivity index (χ1n) is 6.30. The van der Waals surface area contributed by atoms with E-state index in [0.29, 0.717) is 33.9 Å². The van der Waals surface area contributed by atoms with Gasteiger partial charge in [0, 0.05) is 6.54 Å². The van der Waals surface area contributed by atoms with E-state index in [1.54, 1.807) is 18.2 Å². The van der Waals surface area contributed by atoms with E-state index in [1.165, 1.54) is 0 Å². The van der Waals surface area contributed by atoms with Gasteiger partial charge in [-0.25, -0.2) is 0 Å². The highest BCUT2D eigenvalue weighted by Crippen LogP contribution is 2.33. The van der Waals surface area contributed by atoms with Crippen LogP contribution in [0.4, 0.5) is 0 Å². The van der Waals surface area contributed by atoms with Crippen LogP contribution in [-0.4, -0.2) is 29.4 Å². The first kappa shape index (κ1) is 16.5. The van der Waals surface area contributed by atoms with Gasteiger partial charge in [0.25, 0.3) is 0 Å². The van der Waals surface area contributed by atoms with Crippen LogP contribution in [0.15, 0.2) is 22.7 Å². The predicted octanol–water partition coefficient (Wildman–Crippen LogP) is 3.51. The van der Waals surface area contributed by atoms with Gasteiger partial charge < -0.3 is 14.6 Å². The van der Waals surface area contributed by atoms with Gasteiger partial charge in [-0.1, -0.05) is 34.4 Å². The molecule has 0 amide bonds. The fourth-order valence-corrected chi connectivity index (χ4v) is 2.75. The molecule has 0 radical (unpaired) electrons. The van der Waals surface area contributed by atoms with Crippen LogP contribution in [0.1, 0.15) is 18.9 Å². The Bertz CT molecular complexity index is 600. The first-order valence-corrected chi connectivity index (χ1v) is 7.05. The van der Waals surface area contributed by atoms with Crippen molar-refractivity contribution in [3.05, 3.63) is 34.1 Å². The number of nitrogens with one attached hydrogen (secondary N) is 1. The van der Waals surface area contributed by atoms with Gasteiger partial charge in [0.15, 0.2) is 0 Å². The average molecular weight is 351 g/mol. The van der Waals surface area contributed by atoms with Gasteiger partial charge in [-0.05, 0) is 19.1 Å². The highest BCUT2D eigenvalue weighted by Gasteiger charge is 2.29. The van der Waals surface area contributed by atoms with Crippen LogP contribution in [-0.2, 0) is 4.74 Å². The molecule has 2 heterocycles. The Hall–Kier alpha value is -0.850. The molecular weight excluding hydrogens is 337 g/mol. The monoisotopic (exact) mass is 349 g/mol. The van der Waals surface area contributed by atoms with Crippen LogP contribution in [0.3, 0.4) is 0 Å². The second-order valence-corrected chi connectivity index (χ2v) is 5.37. The second-order valence-electron chi connectivity index (χ2n) is 4.56. The van der Waals surface area contributed by atoms with Gasteiger partial charge in [0.1, 0.15) is 6.04 Å². The molecule has 1 saturated heterocycles. The van der Waals surface area contributed by atoms with Crippen molar-refractivity contribution < 1.29 is 9.26 Å². The number of halogens is 3. The van der Waals surface area contributed by atoms with E-state index >= 15 is 0 Å². The molecule has 8 heteroatoms. The third-order valence-electron chi connectivity index (χ3n) is 3.21. The summed E-state index contributed by atoms with van der Waals surface area (Å²) in [6, 6.07) is 5.13. The lowest BCUT2D eigenvalue weighted by Gasteiger charge is -2.27. The van der Waals surface area contributed by atoms with E-state index < -0.39 is 0 Å². The SMILES string of the molecule is C[C@H]1OCCN[C@@H]1c1nc(-c2c(Cl)cccc2Cl)no1.Cl. The molecule has 0 aliphatic carbocycles. The molecule has 1 aromatic carbocycles. The van der Waals surface area contributed by atoms with Crippen molar-refractivity contribution in [2.75, 3.05) is 13.2 Å². The smallest absolute Gasteiger partial charge is 0.246 e. The lowest BCUT2D eigenvalue weighted by molar-refractivity contribution is -0.00136. The standard InChI is InChI=1S/C13H13Cl2N3O2.ClH/c1-7-11(16-5-6-19-7)13-17-12(18-20-13)10-8(14)3-2-4-9(10)15;/h2-4,7,11,16H,5-6H2,1H3;1H/t7-,11+;/m1./s1. The van der Waals surface area contributed by atoms with Gasteiger partial charge in [0.05, 0.1) is 28.3 Å². The van der Waals surface area contributed by atoms with E-state index in [-0.39, 0.29) is 24.6 Å². The minimum absolute atomic E-state index is 0. The quantitative estimate of drug-likeness (QED) is 0.898. The van der Waals surface area contributed by atoms with Gasteiger partial charge in [-0.2, -0.15) is 4.98 Å². The minimum Gasteiger partial charge on any atom is -0.375 e. The summed E-state index contributed by atoms with van der Waals surface area (Å²) in [6.07, 6.45) is -0.0289. The van der Waals surface area contributed by atoms with Crippen molar-refractivity contribution >= 4 is 35.6 Å². The number of rotatable bonds is 2. The third kappa shape index (κ3) is 3.33. The Morgan fingerprint density at radius 3 is 2.67 bits per heavy atom. The van der Waals surface area contributed by atoms with Crippen molar-refractivity contribution in [1.29, 1.82) is 0 Å². The van der Waals surface area contributed by atoms with Gasteiger partial charge >= 0.3 is 0 Å². The molecule has 3 rings (SSSR count). The molecule has 1 aliphatic heterocycles. The maximum atomic E-state index is 6.14. The van der Waals surface area contributed by atoms with Gasteiger partial charge in [-0.3, -0.25) is 0 Å². The van der Waals surface area contributed by atoms with Crippen LogP contribution in [0.2, 0.25) is 10.0 Å². The minimum atomic E-state index is -0.119. The number of nitrogens with zero attached hydrogens (tertiary/aromatic N) is 2. The van der Waals surface area contributed by atoms with Crippen LogP contribution >= 0.6 is 35.6 Å². The summed E-state index contributed by atoms with van der Waals surface area (Å²) in [4.78, 5) is 4.39. The molecular formula is C13H14Cl3N3O2. The zero-order valence-electron chi connectivity index (χ0n) is 11.2. The lowest BCUT2D eigenvalue weighted by atomic mass is 10.1. The third-order valence-corrected chi connectivity index (χ3v) is 3.84. The highest BCUT2D eigenvalue weighted by atomic mass is 35.5. The number of morpholine rings is 1. The lowest BCUT2D eigenvalue weighted by Crippen LogP contribution is -2.40. The normalized spacial score (nSPS) is 21.9. The molecule has 2 atom stereocenters. The zero-order chi connectivity index (χ0) is 14.1. The van der Waals surface area contributed by atoms with Crippen molar-refractivity contribution in [1.82, 2.24) is 15.5 Å². The fourth-order valence-electron chi connectivity index (χ4n) is 2.18. The molecule has 5 nitrogen and oxygen atoms in total. The number of aromatic nitrogens is 2.